The van der Waals surface area contributed by atoms with Crippen LogP contribution < -0.4 is 10.2 Å². The Labute approximate surface area is 128 Å². The van der Waals surface area contributed by atoms with Gasteiger partial charge >= 0.3 is 0 Å². The lowest BCUT2D eigenvalue weighted by molar-refractivity contribution is -0.131. The summed E-state index contributed by atoms with van der Waals surface area (Å²) in [6.45, 7) is 0.358. The van der Waals surface area contributed by atoms with E-state index in [9.17, 15) is 4.79 Å². The number of carbonyl (C=O) groups is 1. The molecule has 0 unspecified atom stereocenters. The summed E-state index contributed by atoms with van der Waals surface area (Å²) in [5.74, 6) is 0.904. The van der Waals surface area contributed by atoms with Crippen molar-refractivity contribution in [1.82, 2.24) is 5.48 Å². The number of amides is 1. The third-order valence-corrected chi connectivity index (χ3v) is 3.67. The Morgan fingerprint density at radius 2 is 1.95 bits per heavy atom. The van der Waals surface area contributed by atoms with Crippen LogP contribution >= 0.6 is 11.8 Å². The minimum absolute atomic E-state index is 0.168. The molecule has 1 N–H and O–H groups in total. The molecule has 2 aromatic carbocycles. The van der Waals surface area contributed by atoms with Crippen molar-refractivity contribution in [2.45, 2.75) is 11.5 Å². The predicted molar refractivity (Wildman–Crippen MR) is 83.1 cm³/mol. The molecule has 0 spiro atoms. The molecule has 1 amide bonds. The summed E-state index contributed by atoms with van der Waals surface area (Å²) in [6, 6.07) is 17.3. The molecule has 0 aliphatic carbocycles. The summed E-state index contributed by atoms with van der Waals surface area (Å²) in [4.78, 5) is 17.8. The van der Waals surface area contributed by atoms with Gasteiger partial charge in [0.25, 0.3) is 5.91 Å². The summed E-state index contributed by atoms with van der Waals surface area (Å²) in [6.07, 6.45) is 0. The highest BCUT2D eigenvalue weighted by molar-refractivity contribution is 8.00. The van der Waals surface area contributed by atoms with Gasteiger partial charge in [0.15, 0.2) is 0 Å². The average Bonchev–Trinajstić information content (AvgIpc) is 2.54. The second-order valence-electron chi connectivity index (χ2n) is 4.27. The highest BCUT2D eigenvalue weighted by Crippen LogP contribution is 2.22. The van der Waals surface area contributed by atoms with E-state index in [1.54, 1.807) is 7.11 Å². The topological polar surface area (TPSA) is 47.6 Å². The van der Waals surface area contributed by atoms with Crippen molar-refractivity contribution in [3.8, 4) is 5.75 Å². The van der Waals surface area contributed by atoms with Crippen molar-refractivity contribution in [3.63, 3.8) is 0 Å². The minimum atomic E-state index is -0.168. The van der Waals surface area contributed by atoms with Crippen molar-refractivity contribution in [3.05, 3.63) is 60.2 Å². The maximum Gasteiger partial charge on any atom is 0.253 e. The normalized spacial score (nSPS) is 10.1. The van der Waals surface area contributed by atoms with Crippen LogP contribution in [0.3, 0.4) is 0 Å². The van der Waals surface area contributed by atoms with E-state index in [0.29, 0.717) is 12.4 Å². The monoisotopic (exact) mass is 303 g/mol. The van der Waals surface area contributed by atoms with Crippen LogP contribution in [0.4, 0.5) is 0 Å². The first-order chi connectivity index (χ1) is 10.3. The highest BCUT2D eigenvalue weighted by Gasteiger charge is 2.04. The quantitative estimate of drug-likeness (QED) is 0.631. The number of hydrogen-bond donors (Lipinski definition) is 1. The molecular formula is C16H17NO3S. The van der Waals surface area contributed by atoms with Crippen LogP contribution in [0.15, 0.2) is 59.5 Å². The van der Waals surface area contributed by atoms with E-state index < -0.39 is 0 Å². The zero-order valence-electron chi connectivity index (χ0n) is 11.7. The fourth-order valence-corrected chi connectivity index (χ4v) is 2.37. The van der Waals surface area contributed by atoms with Gasteiger partial charge in [-0.2, -0.15) is 0 Å². The SMILES string of the molecule is COc1cccc(SCC(=O)NOCc2ccccc2)c1. The molecule has 5 heteroatoms. The molecule has 0 radical (unpaired) electrons. The summed E-state index contributed by atoms with van der Waals surface area (Å²) in [5.41, 5.74) is 3.45. The Morgan fingerprint density at radius 3 is 2.71 bits per heavy atom. The summed E-state index contributed by atoms with van der Waals surface area (Å²) in [5, 5.41) is 0. The molecule has 0 saturated carbocycles. The van der Waals surface area contributed by atoms with E-state index >= 15 is 0 Å². The molecule has 0 bridgehead atoms. The Kier molecular flexibility index (Phi) is 6.12. The van der Waals surface area contributed by atoms with Crippen molar-refractivity contribution in [1.29, 1.82) is 0 Å². The van der Waals surface area contributed by atoms with Crippen LogP contribution in [-0.2, 0) is 16.2 Å². The highest BCUT2D eigenvalue weighted by atomic mass is 32.2. The van der Waals surface area contributed by atoms with Crippen LogP contribution in [-0.4, -0.2) is 18.8 Å². The van der Waals surface area contributed by atoms with E-state index in [4.69, 9.17) is 9.57 Å². The van der Waals surface area contributed by atoms with Gasteiger partial charge in [0.1, 0.15) is 5.75 Å². The maximum atomic E-state index is 11.7. The lowest BCUT2D eigenvalue weighted by Crippen LogP contribution is -2.25. The molecule has 21 heavy (non-hydrogen) atoms. The lowest BCUT2D eigenvalue weighted by Gasteiger charge is -2.06. The number of benzene rings is 2. The molecular weight excluding hydrogens is 286 g/mol. The van der Waals surface area contributed by atoms with Crippen molar-refractivity contribution in [2.75, 3.05) is 12.9 Å². The molecule has 110 valence electrons. The maximum absolute atomic E-state index is 11.7. The number of nitrogens with one attached hydrogen (secondary N) is 1. The first kappa shape index (κ1) is 15.4. The summed E-state index contributed by atoms with van der Waals surface area (Å²) >= 11 is 1.43. The Bertz CT molecular complexity index is 575. The van der Waals surface area contributed by atoms with E-state index in [-0.39, 0.29) is 5.91 Å². The van der Waals surface area contributed by atoms with E-state index in [2.05, 4.69) is 5.48 Å². The van der Waals surface area contributed by atoms with Gasteiger partial charge in [-0.3, -0.25) is 9.63 Å². The van der Waals surface area contributed by atoms with E-state index in [0.717, 1.165) is 16.2 Å². The van der Waals surface area contributed by atoms with Gasteiger partial charge in [0, 0.05) is 4.90 Å². The summed E-state index contributed by atoms with van der Waals surface area (Å²) < 4.78 is 5.14. The number of hydroxylamine groups is 1. The lowest BCUT2D eigenvalue weighted by atomic mass is 10.2. The Hall–Kier alpha value is -1.98. The van der Waals surface area contributed by atoms with Gasteiger partial charge in [0.05, 0.1) is 19.5 Å². The third-order valence-electron chi connectivity index (χ3n) is 2.68. The van der Waals surface area contributed by atoms with Gasteiger partial charge in [-0.1, -0.05) is 36.4 Å². The average molecular weight is 303 g/mol. The molecule has 2 rings (SSSR count). The second-order valence-corrected chi connectivity index (χ2v) is 5.32. The molecule has 0 aliphatic rings. The second kappa shape index (κ2) is 8.34. The number of thioether (sulfide) groups is 1. The molecule has 0 heterocycles. The van der Waals surface area contributed by atoms with Crippen molar-refractivity contribution in [2.24, 2.45) is 0 Å². The minimum Gasteiger partial charge on any atom is -0.497 e. The molecule has 4 nitrogen and oxygen atoms in total. The van der Waals surface area contributed by atoms with Gasteiger partial charge < -0.3 is 4.74 Å². The predicted octanol–water partition coefficient (Wildman–Crippen LogP) is 3.04. The van der Waals surface area contributed by atoms with Crippen LogP contribution in [0, 0.1) is 0 Å². The van der Waals surface area contributed by atoms with Gasteiger partial charge in [-0.05, 0) is 23.8 Å². The molecule has 0 aromatic heterocycles. The van der Waals surface area contributed by atoms with Crippen LogP contribution in [0.25, 0.3) is 0 Å². The number of rotatable bonds is 7. The van der Waals surface area contributed by atoms with Crippen LogP contribution in [0.1, 0.15) is 5.56 Å². The van der Waals surface area contributed by atoms with Crippen molar-refractivity contribution >= 4 is 17.7 Å². The van der Waals surface area contributed by atoms with Gasteiger partial charge in [-0.15, -0.1) is 11.8 Å². The zero-order chi connectivity index (χ0) is 14.9. The van der Waals surface area contributed by atoms with Crippen LogP contribution in [0.5, 0.6) is 5.75 Å². The summed E-state index contributed by atoms with van der Waals surface area (Å²) in [7, 11) is 1.62. The fourth-order valence-electron chi connectivity index (χ4n) is 1.64. The molecule has 0 saturated heterocycles. The molecule has 2 aromatic rings. The number of methoxy groups -OCH3 is 1. The zero-order valence-corrected chi connectivity index (χ0v) is 12.6. The Morgan fingerprint density at radius 1 is 1.14 bits per heavy atom. The fraction of sp³-hybridized carbons (Fsp3) is 0.188. The standard InChI is InChI=1S/C16H17NO3S/c1-19-14-8-5-9-15(10-14)21-12-16(18)17-20-11-13-6-3-2-4-7-13/h2-10H,11-12H2,1H3,(H,17,18). The van der Waals surface area contributed by atoms with E-state index in [1.807, 2.05) is 54.6 Å². The van der Waals surface area contributed by atoms with Crippen LogP contribution in [0.2, 0.25) is 0 Å². The Balaban J connectivity index is 1.70. The third kappa shape index (κ3) is 5.49. The van der Waals surface area contributed by atoms with Crippen molar-refractivity contribution < 1.29 is 14.4 Å². The first-order valence-corrected chi connectivity index (χ1v) is 7.48. The number of hydrogen-bond acceptors (Lipinski definition) is 4. The smallest absolute Gasteiger partial charge is 0.253 e. The van der Waals surface area contributed by atoms with Gasteiger partial charge in [-0.25, -0.2) is 5.48 Å². The molecule has 0 atom stereocenters. The number of ether oxygens (including phenoxy) is 1. The number of carbonyl (C=O) groups excluding carboxylic acids is 1. The van der Waals surface area contributed by atoms with E-state index in [1.165, 1.54) is 11.8 Å². The largest absolute Gasteiger partial charge is 0.497 e. The first-order valence-electron chi connectivity index (χ1n) is 6.49. The molecule has 0 fully saturated rings. The van der Waals surface area contributed by atoms with Gasteiger partial charge in [0.2, 0.25) is 0 Å². The molecule has 0 aliphatic heterocycles.